The molecular formula is C20H22FN3O3S. The lowest BCUT2D eigenvalue weighted by Gasteiger charge is -2.36. The lowest BCUT2D eigenvalue weighted by atomic mass is 9.93. The highest BCUT2D eigenvalue weighted by Gasteiger charge is 2.41. The number of nitrogens with one attached hydrogen (secondary N) is 1. The van der Waals surface area contributed by atoms with Crippen LogP contribution in [0.5, 0.6) is 0 Å². The Kier molecular flexibility index (Phi) is 6.18. The van der Waals surface area contributed by atoms with E-state index in [-0.39, 0.29) is 18.9 Å². The highest BCUT2D eigenvalue weighted by molar-refractivity contribution is 8.16. The first kappa shape index (κ1) is 20.1. The van der Waals surface area contributed by atoms with E-state index in [1.54, 1.807) is 26.0 Å². The second kappa shape index (κ2) is 8.60. The van der Waals surface area contributed by atoms with Gasteiger partial charge in [0.1, 0.15) is 5.82 Å². The molecule has 148 valence electrons. The van der Waals surface area contributed by atoms with Crippen LogP contribution in [-0.4, -0.2) is 35.1 Å². The molecule has 0 spiro atoms. The monoisotopic (exact) mass is 403 g/mol. The molecule has 2 aliphatic heterocycles. The summed E-state index contributed by atoms with van der Waals surface area (Å²) in [6, 6.07) is 5.50. The van der Waals surface area contributed by atoms with Crippen molar-refractivity contribution in [2.75, 3.05) is 13.2 Å². The fourth-order valence-electron chi connectivity index (χ4n) is 3.26. The van der Waals surface area contributed by atoms with Crippen molar-refractivity contribution in [3.63, 3.8) is 0 Å². The average molecular weight is 403 g/mol. The Labute approximate surface area is 167 Å². The smallest absolute Gasteiger partial charge is 0.338 e. The zero-order valence-electron chi connectivity index (χ0n) is 16.0. The molecule has 0 saturated heterocycles. The zero-order chi connectivity index (χ0) is 20.3. The van der Waals surface area contributed by atoms with Crippen molar-refractivity contribution < 1.29 is 18.7 Å². The van der Waals surface area contributed by atoms with Crippen LogP contribution < -0.4 is 5.32 Å². The molecule has 8 heteroatoms. The van der Waals surface area contributed by atoms with Gasteiger partial charge < -0.3 is 15.0 Å². The summed E-state index contributed by atoms with van der Waals surface area (Å²) < 4.78 is 19.2. The molecule has 28 heavy (non-hydrogen) atoms. The molecule has 1 aromatic rings. The number of halogens is 1. The molecule has 1 unspecified atom stereocenters. The fourth-order valence-corrected chi connectivity index (χ4v) is 4.22. The molecule has 1 N–H and O–H groups in total. The fraction of sp³-hybridized carbons (Fsp3) is 0.350. The quantitative estimate of drug-likeness (QED) is 0.737. The predicted octanol–water partition coefficient (Wildman–Crippen LogP) is 3.49. The van der Waals surface area contributed by atoms with Gasteiger partial charge in [0.25, 0.3) is 0 Å². The SMILES string of the molecule is CCNC(=O)CC1=CSC2=NC(C)=C(C(=O)OCC)C(c3cccc(F)c3)N12. The van der Waals surface area contributed by atoms with Crippen molar-refractivity contribution >= 4 is 28.8 Å². The number of esters is 1. The number of fused-ring (bicyclic) bond motifs is 1. The van der Waals surface area contributed by atoms with Crippen molar-refractivity contribution in [3.05, 3.63) is 58.0 Å². The van der Waals surface area contributed by atoms with Gasteiger partial charge in [-0.15, -0.1) is 0 Å². The van der Waals surface area contributed by atoms with E-state index in [4.69, 9.17) is 4.74 Å². The number of hydrogen-bond donors (Lipinski definition) is 1. The molecule has 0 fully saturated rings. The first-order valence-electron chi connectivity index (χ1n) is 9.09. The number of aliphatic imine (C=N–C) groups is 1. The van der Waals surface area contributed by atoms with Crippen LogP contribution in [0, 0.1) is 5.82 Å². The first-order valence-corrected chi connectivity index (χ1v) is 9.97. The number of rotatable bonds is 6. The maximum Gasteiger partial charge on any atom is 0.338 e. The van der Waals surface area contributed by atoms with E-state index < -0.39 is 17.8 Å². The average Bonchev–Trinajstić information content (AvgIpc) is 3.03. The van der Waals surface area contributed by atoms with Gasteiger partial charge in [-0.3, -0.25) is 4.79 Å². The van der Waals surface area contributed by atoms with Crippen LogP contribution in [0.3, 0.4) is 0 Å². The van der Waals surface area contributed by atoms with Crippen LogP contribution in [-0.2, 0) is 14.3 Å². The largest absolute Gasteiger partial charge is 0.463 e. The van der Waals surface area contributed by atoms with Gasteiger partial charge in [0.05, 0.1) is 30.3 Å². The lowest BCUT2D eigenvalue weighted by molar-refractivity contribution is -0.139. The summed E-state index contributed by atoms with van der Waals surface area (Å²) in [4.78, 5) is 31.2. The number of amides is 1. The van der Waals surface area contributed by atoms with E-state index >= 15 is 0 Å². The maximum atomic E-state index is 14.0. The molecule has 2 aliphatic rings. The Hall–Kier alpha value is -2.61. The van der Waals surface area contributed by atoms with E-state index in [0.29, 0.717) is 34.2 Å². The highest BCUT2D eigenvalue weighted by Crippen LogP contribution is 2.44. The second-order valence-corrected chi connectivity index (χ2v) is 7.14. The third-order valence-corrected chi connectivity index (χ3v) is 5.26. The molecule has 1 aromatic carbocycles. The Balaban J connectivity index is 2.06. The molecular weight excluding hydrogens is 381 g/mol. The van der Waals surface area contributed by atoms with E-state index in [1.165, 1.54) is 23.9 Å². The number of carbonyl (C=O) groups is 2. The topological polar surface area (TPSA) is 71.0 Å². The molecule has 0 aromatic heterocycles. The predicted molar refractivity (Wildman–Crippen MR) is 107 cm³/mol. The molecule has 0 saturated carbocycles. The molecule has 0 radical (unpaired) electrons. The Morgan fingerprint density at radius 3 is 2.82 bits per heavy atom. The van der Waals surface area contributed by atoms with Gasteiger partial charge in [-0.25, -0.2) is 14.2 Å². The summed E-state index contributed by atoms with van der Waals surface area (Å²) in [6.07, 6.45) is 0.140. The third kappa shape index (κ3) is 3.96. The Morgan fingerprint density at radius 1 is 1.36 bits per heavy atom. The zero-order valence-corrected chi connectivity index (χ0v) is 16.8. The normalized spacial score (nSPS) is 18.4. The highest BCUT2D eigenvalue weighted by atomic mass is 32.2. The van der Waals surface area contributed by atoms with Crippen LogP contribution in [0.4, 0.5) is 4.39 Å². The third-order valence-electron chi connectivity index (χ3n) is 4.38. The van der Waals surface area contributed by atoms with Gasteiger partial charge in [0, 0.05) is 12.2 Å². The van der Waals surface area contributed by atoms with Crippen LogP contribution >= 0.6 is 11.8 Å². The first-order chi connectivity index (χ1) is 13.5. The van der Waals surface area contributed by atoms with Crippen molar-refractivity contribution in [3.8, 4) is 0 Å². The number of benzene rings is 1. The molecule has 2 heterocycles. The molecule has 3 rings (SSSR count). The van der Waals surface area contributed by atoms with Crippen molar-refractivity contribution in [1.82, 2.24) is 10.2 Å². The Bertz CT molecular complexity index is 894. The van der Waals surface area contributed by atoms with E-state index in [9.17, 15) is 14.0 Å². The van der Waals surface area contributed by atoms with Crippen molar-refractivity contribution in [1.29, 1.82) is 0 Å². The lowest BCUT2D eigenvalue weighted by Crippen LogP contribution is -2.38. The summed E-state index contributed by atoms with van der Waals surface area (Å²) in [5, 5.41) is 5.28. The summed E-state index contributed by atoms with van der Waals surface area (Å²) >= 11 is 1.38. The summed E-state index contributed by atoms with van der Waals surface area (Å²) in [5.41, 5.74) is 2.18. The van der Waals surface area contributed by atoms with Crippen molar-refractivity contribution in [2.45, 2.75) is 33.2 Å². The van der Waals surface area contributed by atoms with E-state index in [2.05, 4.69) is 10.3 Å². The maximum absolute atomic E-state index is 14.0. The Morgan fingerprint density at radius 2 is 2.14 bits per heavy atom. The van der Waals surface area contributed by atoms with Gasteiger partial charge in [-0.1, -0.05) is 23.9 Å². The molecule has 0 aliphatic carbocycles. The standard InChI is InChI=1S/C20H22FN3O3S/c1-4-22-16(25)10-15-11-28-20-23-12(3)17(19(26)27-5-2)18(24(15)20)13-7-6-8-14(21)9-13/h6-9,11,18H,4-5,10H2,1-3H3,(H,22,25). The van der Waals surface area contributed by atoms with Crippen molar-refractivity contribution in [2.24, 2.45) is 4.99 Å². The molecule has 1 atom stereocenters. The molecule has 0 bridgehead atoms. The number of thioether (sulfide) groups is 1. The van der Waals surface area contributed by atoms with Crippen LogP contribution in [0.2, 0.25) is 0 Å². The number of amidine groups is 1. The van der Waals surface area contributed by atoms with Gasteiger partial charge in [0.2, 0.25) is 5.91 Å². The number of hydrogen-bond acceptors (Lipinski definition) is 6. The second-order valence-electron chi connectivity index (χ2n) is 6.30. The number of ether oxygens (including phenoxy) is 1. The minimum atomic E-state index is -0.613. The van der Waals surface area contributed by atoms with Crippen LogP contribution in [0.25, 0.3) is 0 Å². The van der Waals surface area contributed by atoms with Gasteiger partial charge >= 0.3 is 5.97 Å². The summed E-state index contributed by atoms with van der Waals surface area (Å²) in [7, 11) is 0. The minimum absolute atomic E-state index is 0.127. The molecule has 1 amide bonds. The van der Waals surface area contributed by atoms with Gasteiger partial charge in [0.15, 0.2) is 5.17 Å². The van der Waals surface area contributed by atoms with E-state index in [0.717, 1.165) is 0 Å². The van der Waals surface area contributed by atoms with Crippen LogP contribution in [0.1, 0.15) is 38.8 Å². The van der Waals surface area contributed by atoms with Gasteiger partial charge in [-0.2, -0.15) is 0 Å². The number of carbonyl (C=O) groups excluding carboxylic acids is 2. The summed E-state index contributed by atoms with van der Waals surface area (Å²) in [5.74, 6) is -1.02. The van der Waals surface area contributed by atoms with E-state index in [1.807, 2.05) is 17.2 Å². The number of nitrogens with zero attached hydrogens (tertiary/aromatic N) is 2. The summed E-state index contributed by atoms with van der Waals surface area (Å²) in [6.45, 7) is 6.07. The van der Waals surface area contributed by atoms with Gasteiger partial charge in [-0.05, 0) is 43.9 Å². The molecule has 6 nitrogen and oxygen atoms in total. The van der Waals surface area contributed by atoms with Crippen LogP contribution in [0.15, 0.2) is 51.6 Å². The number of allylic oxidation sites excluding steroid dienone is 1. The minimum Gasteiger partial charge on any atom is -0.463 e.